The van der Waals surface area contributed by atoms with Crippen molar-refractivity contribution in [3.63, 3.8) is 0 Å². The van der Waals surface area contributed by atoms with Crippen LogP contribution in [0.1, 0.15) is 29.0 Å². The highest BCUT2D eigenvalue weighted by Gasteiger charge is 2.41. The molecule has 1 aliphatic rings. The molecular weight excluding hydrogens is 295 g/mol. The van der Waals surface area contributed by atoms with E-state index in [1.54, 1.807) is 11.8 Å². The van der Waals surface area contributed by atoms with E-state index in [0.29, 0.717) is 17.9 Å². The highest BCUT2D eigenvalue weighted by atomic mass is 35.5. The minimum atomic E-state index is -4.17. The Morgan fingerprint density at radius 2 is 1.90 bits per heavy atom. The summed E-state index contributed by atoms with van der Waals surface area (Å²) in [4.78, 5) is 20.7. The average Bonchev–Trinajstić information content (AvgIpc) is 2.37. The van der Waals surface area contributed by atoms with Gasteiger partial charge < -0.3 is 4.90 Å². The fourth-order valence-electron chi connectivity index (χ4n) is 2.29. The van der Waals surface area contributed by atoms with E-state index in [1.807, 2.05) is 0 Å². The SMILES string of the molecule is Cc1nc(Cl)c(C=O)c(N2CCC(C(F)(F)F)CC2)n1. The Morgan fingerprint density at radius 1 is 1.30 bits per heavy atom. The summed E-state index contributed by atoms with van der Waals surface area (Å²) in [6.45, 7) is 2.00. The Kier molecular flexibility index (Phi) is 4.17. The molecule has 1 aromatic rings. The molecule has 0 atom stereocenters. The number of anilines is 1. The molecule has 20 heavy (non-hydrogen) atoms. The monoisotopic (exact) mass is 307 g/mol. The first-order valence-corrected chi connectivity index (χ1v) is 6.51. The Hall–Kier alpha value is -1.37. The van der Waals surface area contributed by atoms with Crippen LogP contribution >= 0.6 is 11.6 Å². The van der Waals surface area contributed by atoms with Gasteiger partial charge in [-0.15, -0.1) is 0 Å². The Balaban J connectivity index is 2.21. The largest absolute Gasteiger partial charge is 0.391 e. The van der Waals surface area contributed by atoms with Gasteiger partial charge in [-0.1, -0.05) is 11.6 Å². The summed E-state index contributed by atoms with van der Waals surface area (Å²) in [7, 11) is 0. The molecular formula is C12H13ClF3N3O. The molecule has 2 rings (SSSR count). The van der Waals surface area contributed by atoms with E-state index in [2.05, 4.69) is 9.97 Å². The highest BCUT2D eigenvalue weighted by molar-refractivity contribution is 6.32. The Labute approximate surface area is 119 Å². The first-order valence-electron chi connectivity index (χ1n) is 6.14. The van der Waals surface area contributed by atoms with Crippen LogP contribution in [0, 0.1) is 12.8 Å². The lowest BCUT2D eigenvalue weighted by atomic mass is 9.96. The van der Waals surface area contributed by atoms with E-state index >= 15 is 0 Å². The molecule has 0 N–H and O–H groups in total. The second-order valence-corrected chi connectivity index (χ2v) is 5.08. The number of hydrogen-bond donors (Lipinski definition) is 0. The minimum absolute atomic E-state index is 0.0114. The summed E-state index contributed by atoms with van der Waals surface area (Å²) < 4.78 is 37.9. The smallest absolute Gasteiger partial charge is 0.356 e. The topological polar surface area (TPSA) is 46.1 Å². The molecule has 4 nitrogen and oxygen atoms in total. The van der Waals surface area contributed by atoms with E-state index in [4.69, 9.17) is 11.6 Å². The third kappa shape index (κ3) is 3.03. The van der Waals surface area contributed by atoms with Gasteiger partial charge in [0.1, 0.15) is 16.8 Å². The molecule has 1 aromatic heterocycles. The van der Waals surface area contributed by atoms with Gasteiger partial charge in [0.2, 0.25) is 0 Å². The van der Waals surface area contributed by atoms with Crippen LogP contribution in [0.25, 0.3) is 0 Å². The molecule has 0 amide bonds. The molecule has 0 unspecified atom stereocenters. The van der Waals surface area contributed by atoms with Crippen LogP contribution in [0.5, 0.6) is 0 Å². The maximum atomic E-state index is 12.6. The van der Waals surface area contributed by atoms with Gasteiger partial charge in [0.15, 0.2) is 6.29 Å². The number of carbonyl (C=O) groups excluding carboxylic acids is 1. The number of nitrogens with zero attached hydrogens (tertiary/aromatic N) is 3. The number of halogens is 4. The van der Waals surface area contributed by atoms with Crippen LogP contribution in [0.4, 0.5) is 19.0 Å². The third-order valence-corrected chi connectivity index (χ3v) is 3.65. The van der Waals surface area contributed by atoms with E-state index in [1.165, 1.54) is 0 Å². The molecule has 1 fully saturated rings. The molecule has 8 heteroatoms. The van der Waals surface area contributed by atoms with Crippen molar-refractivity contribution in [2.45, 2.75) is 25.9 Å². The van der Waals surface area contributed by atoms with Crippen molar-refractivity contribution in [3.8, 4) is 0 Å². The third-order valence-electron chi connectivity index (χ3n) is 3.37. The molecule has 0 saturated carbocycles. The van der Waals surface area contributed by atoms with Gasteiger partial charge in [0.05, 0.1) is 11.5 Å². The fourth-order valence-corrected chi connectivity index (χ4v) is 2.55. The zero-order valence-corrected chi connectivity index (χ0v) is 11.5. The number of aldehydes is 1. The minimum Gasteiger partial charge on any atom is -0.356 e. The maximum Gasteiger partial charge on any atom is 0.391 e. The molecule has 1 aliphatic heterocycles. The van der Waals surface area contributed by atoms with Gasteiger partial charge in [-0.05, 0) is 19.8 Å². The number of alkyl halides is 3. The van der Waals surface area contributed by atoms with E-state index < -0.39 is 12.1 Å². The number of carbonyl (C=O) groups is 1. The standard InChI is InChI=1S/C12H13ClF3N3O/c1-7-17-10(13)9(6-20)11(18-7)19-4-2-8(3-5-19)12(14,15)16/h6,8H,2-5H2,1H3. The van der Waals surface area contributed by atoms with Gasteiger partial charge in [-0.2, -0.15) is 13.2 Å². The quantitative estimate of drug-likeness (QED) is 0.622. The predicted molar refractivity (Wildman–Crippen MR) is 68.2 cm³/mol. The average molecular weight is 308 g/mol. The van der Waals surface area contributed by atoms with Crippen molar-refractivity contribution in [1.29, 1.82) is 0 Å². The van der Waals surface area contributed by atoms with Gasteiger partial charge in [0.25, 0.3) is 0 Å². The zero-order chi connectivity index (χ0) is 14.9. The van der Waals surface area contributed by atoms with Gasteiger partial charge in [-0.3, -0.25) is 4.79 Å². The van der Waals surface area contributed by atoms with Crippen molar-refractivity contribution in [2.75, 3.05) is 18.0 Å². The predicted octanol–water partition coefficient (Wildman–Crippen LogP) is 3.03. The summed E-state index contributed by atoms with van der Waals surface area (Å²) in [6.07, 6.45) is -3.66. The molecule has 1 saturated heterocycles. The molecule has 0 radical (unpaired) electrons. The van der Waals surface area contributed by atoms with Crippen molar-refractivity contribution in [1.82, 2.24) is 9.97 Å². The fraction of sp³-hybridized carbons (Fsp3) is 0.583. The summed E-state index contributed by atoms with van der Waals surface area (Å²) in [5.74, 6) is -0.594. The highest BCUT2D eigenvalue weighted by Crippen LogP contribution is 2.36. The van der Waals surface area contributed by atoms with Crippen molar-refractivity contribution >= 4 is 23.7 Å². The first-order chi connectivity index (χ1) is 9.32. The number of aryl methyl sites for hydroxylation is 1. The lowest BCUT2D eigenvalue weighted by Gasteiger charge is -2.34. The molecule has 0 aliphatic carbocycles. The molecule has 0 aromatic carbocycles. The van der Waals surface area contributed by atoms with Crippen molar-refractivity contribution in [3.05, 3.63) is 16.5 Å². The normalized spacial score (nSPS) is 17.4. The van der Waals surface area contributed by atoms with Gasteiger partial charge in [-0.25, -0.2) is 9.97 Å². The molecule has 110 valence electrons. The summed E-state index contributed by atoms with van der Waals surface area (Å²) in [6, 6.07) is 0. The molecule has 0 spiro atoms. The number of aromatic nitrogens is 2. The first kappa shape index (κ1) is 15.0. The van der Waals surface area contributed by atoms with Crippen molar-refractivity contribution < 1.29 is 18.0 Å². The van der Waals surface area contributed by atoms with Crippen LogP contribution in [0.15, 0.2) is 0 Å². The van der Waals surface area contributed by atoms with E-state index in [-0.39, 0.29) is 36.6 Å². The second-order valence-electron chi connectivity index (χ2n) is 4.72. The van der Waals surface area contributed by atoms with Crippen LogP contribution in [0.3, 0.4) is 0 Å². The molecule has 2 heterocycles. The second kappa shape index (κ2) is 5.55. The van der Waals surface area contributed by atoms with Crippen LogP contribution in [-0.2, 0) is 0 Å². The van der Waals surface area contributed by atoms with Crippen LogP contribution in [0.2, 0.25) is 5.15 Å². The number of hydrogen-bond acceptors (Lipinski definition) is 4. The van der Waals surface area contributed by atoms with Crippen LogP contribution in [-0.4, -0.2) is 35.5 Å². The van der Waals surface area contributed by atoms with Crippen molar-refractivity contribution in [2.24, 2.45) is 5.92 Å². The summed E-state index contributed by atoms with van der Waals surface area (Å²) in [5.41, 5.74) is 0.128. The zero-order valence-electron chi connectivity index (χ0n) is 10.7. The number of rotatable bonds is 2. The van der Waals surface area contributed by atoms with Crippen LogP contribution < -0.4 is 4.90 Å². The maximum absolute atomic E-state index is 12.6. The Bertz CT molecular complexity index is 513. The summed E-state index contributed by atoms with van der Waals surface area (Å²) in [5, 5.41) is 0.0282. The Morgan fingerprint density at radius 3 is 2.40 bits per heavy atom. The summed E-state index contributed by atoms with van der Waals surface area (Å²) >= 11 is 5.87. The van der Waals surface area contributed by atoms with E-state index in [9.17, 15) is 18.0 Å². The number of piperidine rings is 1. The van der Waals surface area contributed by atoms with E-state index in [0.717, 1.165) is 0 Å². The van der Waals surface area contributed by atoms with Gasteiger partial charge in [0, 0.05) is 13.1 Å². The molecule has 0 bridgehead atoms. The van der Waals surface area contributed by atoms with Gasteiger partial charge >= 0.3 is 6.18 Å². The lowest BCUT2D eigenvalue weighted by molar-refractivity contribution is -0.179. The lowest BCUT2D eigenvalue weighted by Crippen LogP contribution is -2.40.